The molecule has 0 bridgehead atoms. The molecule has 0 aliphatic rings. The van der Waals surface area contributed by atoms with Gasteiger partial charge in [0.05, 0.1) is 12.3 Å². The number of nitrogens with zero attached hydrogens (tertiary/aromatic N) is 1. The fourth-order valence-electron chi connectivity index (χ4n) is 3.12. The molecule has 0 spiro atoms. The van der Waals surface area contributed by atoms with E-state index < -0.39 is 0 Å². The third-order valence-electron chi connectivity index (χ3n) is 4.66. The Kier molecular flexibility index (Phi) is 10.7. The number of para-hydroxylation sites is 1. The molecule has 2 rings (SSSR count). The second-order valence-corrected chi connectivity index (χ2v) is 6.97. The average Bonchev–Trinajstić information content (AvgIpc) is 2.73. The lowest BCUT2D eigenvalue weighted by atomic mass is 10.1. The summed E-state index contributed by atoms with van der Waals surface area (Å²) in [5, 5.41) is 3.44. The largest absolute Gasteiger partial charge is 0.385 e. The summed E-state index contributed by atoms with van der Waals surface area (Å²) in [7, 11) is 0. The summed E-state index contributed by atoms with van der Waals surface area (Å²) in [5.41, 5.74) is 4.26. The van der Waals surface area contributed by atoms with Gasteiger partial charge in [0.1, 0.15) is 0 Å². The molecule has 0 fully saturated rings. The van der Waals surface area contributed by atoms with Crippen molar-refractivity contribution in [1.29, 1.82) is 0 Å². The Hall–Kier alpha value is -2.39. The van der Waals surface area contributed by atoms with Crippen LogP contribution < -0.4 is 5.32 Å². The molecule has 0 saturated heterocycles. The highest BCUT2D eigenvalue weighted by atomic mass is 16.5. The number of hydrogen-bond acceptors (Lipinski definition) is 3. The first-order valence-corrected chi connectivity index (χ1v) is 10.4. The maximum Gasteiger partial charge on any atom is 0.0718 e. The van der Waals surface area contributed by atoms with Gasteiger partial charge in [-0.05, 0) is 31.4 Å². The Morgan fingerprint density at radius 3 is 2.39 bits per heavy atom. The fourth-order valence-corrected chi connectivity index (χ4v) is 3.12. The normalized spacial score (nSPS) is 11.0. The number of benzene rings is 2. The molecule has 2 aromatic rings. The summed E-state index contributed by atoms with van der Waals surface area (Å²) in [5.74, 6) is 0. The summed E-state index contributed by atoms with van der Waals surface area (Å²) in [6.45, 7) is 8.64. The van der Waals surface area contributed by atoms with Gasteiger partial charge < -0.3 is 10.1 Å². The zero-order valence-corrected chi connectivity index (χ0v) is 17.2. The van der Waals surface area contributed by atoms with Gasteiger partial charge in [-0.15, -0.1) is 0 Å². The first-order chi connectivity index (χ1) is 13.8. The molecule has 0 unspecified atom stereocenters. The Morgan fingerprint density at radius 2 is 1.61 bits per heavy atom. The van der Waals surface area contributed by atoms with Crippen LogP contribution in [0.15, 0.2) is 66.2 Å². The van der Waals surface area contributed by atoms with Crippen molar-refractivity contribution in [1.82, 2.24) is 5.32 Å². The predicted octanol–water partition coefficient (Wildman–Crippen LogP) is 6.53. The van der Waals surface area contributed by atoms with E-state index in [-0.39, 0.29) is 0 Å². The van der Waals surface area contributed by atoms with Crippen LogP contribution in [-0.4, -0.2) is 19.4 Å². The standard InChI is InChI=1S/C25H34N2O/c1-3-26-25-18-12-11-17-24(25)22(2)27-19-13-6-4-5-7-14-20-28-21-23-15-9-8-10-16-23/h3,8-12,15-18,27H,2,4-7,13-14,19-21H2,1H3/b26-3-. The SMILES string of the molecule is C=C(NCCCCCCCCOCc1ccccc1)c1ccccc1/N=C\C. The van der Waals surface area contributed by atoms with E-state index in [0.717, 1.165) is 43.1 Å². The lowest BCUT2D eigenvalue weighted by molar-refractivity contribution is 0.116. The predicted molar refractivity (Wildman–Crippen MR) is 121 cm³/mol. The van der Waals surface area contributed by atoms with Gasteiger partial charge in [0.25, 0.3) is 0 Å². The monoisotopic (exact) mass is 378 g/mol. The van der Waals surface area contributed by atoms with E-state index in [0.29, 0.717) is 0 Å². The minimum atomic E-state index is 0.725. The van der Waals surface area contributed by atoms with Gasteiger partial charge in [-0.2, -0.15) is 0 Å². The summed E-state index contributed by atoms with van der Waals surface area (Å²) in [6.07, 6.45) is 9.20. The van der Waals surface area contributed by atoms with Crippen LogP contribution in [0.25, 0.3) is 5.70 Å². The van der Waals surface area contributed by atoms with Gasteiger partial charge in [-0.1, -0.05) is 80.8 Å². The molecule has 3 heteroatoms. The maximum atomic E-state index is 5.73. The zero-order valence-electron chi connectivity index (χ0n) is 17.2. The minimum Gasteiger partial charge on any atom is -0.385 e. The van der Waals surface area contributed by atoms with Crippen molar-refractivity contribution in [2.75, 3.05) is 13.2 Å². The van der Waals surface area contributed by atoms with Crippen LogP contribution in [0.5, 0.6) is 0 Å². The van der Waals surface area contributed by atoms with Gasteiger partial charge >= 0.3 is 0 Å². The topological polar surface area (TPSA) is 33.6 Å². The molecule has 0 aliphatic heterocycles. The second-order valence-electron chi connectivity index (χ2n) is 6.97. The molecule has 2 aromatic carbocycles. The Balaban J connectivity index is 1.46. The van der Waals surface area contributed by atoms with E-state index in [9.17, 15) is 0 Å². The van der Waals surface area contributed by atoms with Crippen LogP contribution in [0, 0.1) is 0 Å². The van der Waals surface area contributed by atoms with E-state index in [2.05, 4.69) is 47.2 Å². The van der Waals surface area contributed by atoms with Gasteiger partial charge in [0.2, 0.25) is 0 Å². The molecular formula is C25H34N2O. The fraction of sp³-hybridized carbons (Fsp3) is 0.400. The Labute approximate surface area is 170 Å². The van der Waals surface area contributed by atoms with Crippen LogP contribution in [0.2, 0.25) is 0 Å². The highest BCUT2D eigenvalue weighted by Gasteiger charge is 2.03. The van der Waals surface area contributed by atoms with Crippen LogP contribution in [0.3, 0.4) is 0 Å². The highest BCUT2D eigenvalue weighted by Crippen LogP contribution is 2.23. The van der Waals surface area contributed by atoms with E-state index in [1.54, 1.807) is 0 Å². The van der Waals surface area contributed by atoms with Crippen molar-refractivity contribution in [2.24, 2.45) is 4.99 Å². The molecule has 28 heavy (non-hydrogen) atoms. The van der Waals surface area contributed by atoms with Crippen molar-refractivity contribution < 1.29 is 4.74 Å². The van der Waals surface area contributed by atoms with Crippen LogP contribution in [-0.2, 0) is 11.3 Å². The lowest BCUT2D eigenvalue weighted by Gasteiger charge is -2.12. The number of aliphatic imine (C=N–C) groups is 1. The molecule has 0 aliphatic carbocycles. The van der Waals surface area contributed by atoms with Crippen molar-refractivity contribution in [3.05, 3.63) is 72.3 Å². The van der Waals surface area contributed by atoms with E-state index in [1.165, 1.54) is 37.7 Å². The van der Waals surface area contributed by atoms with Crippen LogP contribution >= 0.6 is 0 Å². The average molecular weight is 379 g/mol. The van der Waals surface area contributed by atoms with E-state index >= 15 is 0 Å². The summed E-state index contributed by atoms with van der Waals surface area (Å²) in [6, 6.07) is 18.5. The zero-order chi connectivity index (χ0) is 19.9. The third-order valence-corrected chi connectivity index (χ3v) is 4.66. The molecule has 150 valence electrons. The lowest BCUT2D eigenvalue weighted by Crippen LogP contribution is -2.13. The molecule has 0 atom stereocenters. The first kappa shape index (κ1) is 21.9. The summed E-state index contributed by atoms with van der Waals surface area (Å²) >= 11 is 0. The molecule has 0 amide bonds. The molecule has 0 aromatic heterocycles. The molecular weight excluding hydrogens is 344 g/mol. The molecule has 0 heterocycles. The molecule has 3 nitrogen and oxygen atoms in total. The van der Waals surface area contributed by atoms with Crippen molar-refractivity contribution in [3.63, 3.8) is 0 Å². The third kappa shape index (κ3) is 8.53. The number of nitrogens with one attached hydrogen (secondary N) is 1. The number of hydrogen-bond donors (Lipinski definition) is 1. The van der Waals surface area contributed by atoms with E-state index in [4.69, 9.17) is 4.74 Å². The summed E-state index contributed by atoms with van der Waals surface area (Å²) < 4.78 is 5.73. The highest BCUT2D eigenvalue weighted by molar-refractivity contribution is 5.75. The number of rotatable bonds is 14. The van der Waals surface area contributed by atoms with Gasteiger partial charge in [0.15, 0.2) is 0 Å². The molecule has 0 radical (unpaired) electrons. The van der Waals surface area contributed by atoms with Crippen molar-refractivity contribution >= 4 is 17.6 Å². The van der Waals surface area contributed by atoms with Gasteiger partial charge in [-0.3, -0.25) is 4.99 Å². The number of unbranched alkanes of at least 4 members (excludes halogenated alkanes) is 5. The summed E-state index contributed by atoms with van der Waals surface area (Å²) in [4.78, 5) is 4.41. The van der Waals surface area contributed by atoms with Gasteiger partial charge in [-0.25, -0.2) is 0 Å². The molecule has 1 N–H and O–H groups in total. The number of ether oxygens (including phenoxy) is 1. The smallest absolute Gasteiger partial charge is 0.0718 e. The Morgan fingerprint density at radius 1 is 0.929 bits per heavy atom. The van der Waals surface area contributed by atoms with Crippen LogP contribution in [0.4, 0.5) is 5.69 Å². The van der Waals surface area contributed by atoms with Gasteiger partial charge in [0, 0.05) is 30.6 Å². The van der Waals surface area contributed by atoms with Crippen LogP contribution in [0.1, 0.15) is 56.6 Å². The van der Waals surface area contributed by atoms with Crippen molar-refractivity contribution in [3.8, 4) is 0 Å². The first-order valence-electron chi connectivity index (χ1n) is 10.4. The Bertz CT molecular complexity index is 709. The minimum absolute atomic E-state index is 0.725. The van der Waals surface area contributed by atoms with E-state index in [1.807, 2.05) is 37.4 Å². The quantitative estimate of drug-likeness (QED) is 0.300. The maximum absolute atomic E-state index is 5.73. The second kappa shape index (κ2) is 13.7. The molecule has 0 saturated carbocycles. The van der Waals surface area contributed by atoms with Crippen molar-refractivity contribution in [2.45, 2.75) is 52.1 Å².